The highest BCUT2D eigenvalue weighted by Crippen LogP contribution is 2.21. The second kappa shape index (κ2) is 5.47. The Morgan fingerprint density at radius 1 is 1.50 bits per heavy atom. The largest absolute Gasteiger partial charge is 0.388 e. The van der Waals surface area contributed by atoms with Crippen LogP contribution in [0.1, 0.15) is 17.7 Å². The lowest BCUT2D eigenvalue weighted by molar-refractivity contribution is -0.0616. The van der Waals surface area contributed by atoms with Crippen molar-refractivity contribution < 1.29 is 9.84 Å². The predicted octanol–water partition coefficient (Wildman–Crippen LogP) is 2.03. The van der Waals surface area contributed by atoms with Gasteiger partial charge in [0.15, 0.2) is 0 Å². The van der Waals surface area contributed by atoms with Crippen LogP contribution in [0.2, 0.25) is 5.02 Å². The van der Waals surface area contributed by atoms with Gasteiger partial charge in [0.05, 0.1) is 10.6 Å². The molecular formula is C11H16ClNO2S. The van der Waals surface area contributed by atoms with Crippen LogP contribution in [-0.2, 0) is 11.3 Å². The van der Waals surface area contributed by atoms with E-state index in [1.807, 2.05) is 11.4 Å². The summed E-state index contributed by atoms with van der Waals surface area (Å²) in [5.74, 6) is 0. The Balaban J connectivity index is 1.74. The summed E-state index contributed by atoms with van der Waals surface area (Å²) in [6.07, 6.45) is 1.43. The maximum atomic E-state index is 10.2. The highest BCUT2D eigenvalue weighted by Gasteiger charge is 2.29. The highest BCUT2D eigenvalue weighted by atomic mass is 35.5. The van der Waals surface area contributed by atoms with Crippen LogP contribution in [0.3, 0.4) is 0 Å². The maximum absolute atomic E-state index is 10.2. The van der Waals surface area contributed by atoms with Crippen LogP contribution >= 0.6 is 22.9 Å². The quantitative estimate of drug-likeness (QED) is 0.872. The van der Waals surface area contributed by atoms with E-state index in [0.717, 1.165) is 11.6 Å². The van der Waals surface area contributed by atoms with Crippen LogP contribution in [0.15, 0.2) is 11.4 Å². The lowest BCUT2D eigenvalue weighted by atomic mass is 9.94. The van der Waals surface area contributed by atoms with Gasteiger partial charge >= 0.3 is 0 Å². The number of rotatable bonds is 4. The number of hydrogen-bond donors (Lipinski definition) is 2. The zero-order chi connectivity index (χ0) is 11.4. The van der Waals surface area contributed by atoms with Gasteiger partial charge in [-0.1, -0.05) is 11.6 Å². The second-order valence-corrected chi connectivity index (χ2v) is 5.60. The molecule has 1 aromatic heterocycles. The standard InChI is InChI=1S/C11H16ClNO2S/c12-9-5-10(16-7-9)6-13-8-11(14)1-3-15-4-2-11/h5,7,13-14H,1-4,6,8H2. The number of nitrogens with one attached hydrogen (secondary N) is 1. The molecule has 1 fully saturated rings. The summed E-state index contributed by atoms with van der Waals surface area (Å²) in [7, 11) is 0. The third kappa shape index (κ3) is 3.43. The van der Waals surface area contributed by atoms with Crippen molar-refractivity contribution in [3.8, 4) is 0 Å². The maximum Gasteiger partial charge on any atom is 0.0815 e. The molecule has 0 radical (unpaired) electrons. The van der Waals surface area contributed by atoms with Crippen LogP contribution in [0.4, 0.5) is 0 Å². The van der Waals surface area contributed by atoms with Crippen molar-refractivity contribution in [3.63, 3.8) is 0 Å². The molecule has 1 saturated heterocycles. The molecule has 90 valence electrons. The number of ether oxygens (including phenoxy) is 1. The first-order valence-corrected chi connectivity index (χ1v) is 6.67. The summed E-state index contributed by atoms with van der Waals surface area (Å²) in [5, 5.41) is 16.2. The number of hydrogen-bond acceptors (Lipinski definition) is 4. The van der Waals surface area contributed by atoms with Crippen LogP contribution in [0, 0.1) is 0 Å². The van der Waals surface area contributed by atoms with Crippen LogP contribution in [-0.4, -0.2) is 30.5 Å². The van der Waals surface area contributed by atoms with Gasteiger partial charge in [0.25, 0.3) is 0 Å². The van der Waals surface area contributed by atoms with Crippen LogP contribution < -0.4 is 5.32 Å². The summed E-state index contributed by atoms with van der Waals surface area (Å²) in [6, 6.07) is 1.95. The van der Waals surface area contributed by atoms with E-state index in [4.69, 9.17) is 16.3 Å². The highest BCUT2D eigenvalue weighted by molar-refractivity contribution is 7.10. The van der Waals surface area contributed by atoms with Crippen molar-refractivity contribution in [2.24, 2.45) is 0 Å². The molecule has 16 heavy (non-hydrogen) atoms. The van der Waals surface area contributed by atoms with Crippen LogP contribution in [0.5, 0.6) is 0 Å². The zero-order valence-corrected chi connectivity index (χ0v) is 10.6. The summed E-state index contributed by atoms with van der Waals surface area (Å²) in [5.41, 5.74) is -0.598. The Bertz CT molecular complexity index is 336. The Hall–Kier alpha value is -0.130. The Morgan fingerprint density at radius 2 is 2.25 bits per heavy atom. The minimum atomic E-state index is -0.598. The second-order valence-electron chi connectivity index (χ2n) is 4.17. The first-order valence-electron chi connectivity index (χ1n) is 5.42. The van der Waals surface area contributed by atoms with Gasteiger partial charge in [0, 0.05) is 49.4 Å². The average molecular weight is 262 g/mol. The monoisotopic (exact) mass is 261 g/mol. The molecule has 2 N–H and O–H groups in total. The van der Waals surface area contributed by atoms with E-state index in [2.05, 4.69) is 5.32 Å². The Kier molecular flexibility index (Phi) is 4.21. The van der Waals surface area contributed by atoms with E-state index in [-0.39, 0.29) is 0 Å². The van der Waals surface area contributed by atoms with Crippen molar-refractivity contribution in [2.75, 3.05) is 19.8 Å². The van der Waals surface area contributed by atoms with E-state index >= 15 is 0 Å². The van der Waals surface area contributed by atoms with Crippen molar-refractivity contribution >= 4 is 22.9 Å². The van der Waals surface area contributed by atoms with E-state index in [9.17, 15) is 5.11 Å². The van der Waals surface area contributed by atoms with E-state index in [1.54, 1.807) is 11.3 Å². The molecule has 5 heteroatoms. The van der Waals surface area contributed by atoms with Crippen molar-refractivity contribution in [3.05, 3.63) is 21.3 Å². The minimum absolute atomic E-state index is 0.598. The van der Waals surface area contributed by atoms with Gasteiger partial charge in [-0.3, -0.25) is 0 Å². The number of halogens is 1. The Morgan fingerprint density at radius 3 is 2.88 bits per heavy atom. The van der Waals surface area contributed by atoms with Gasteiger partial charge in [-0.2, -0.15) is 0 Å². The van der Waals surface area contributed by atoms with E-state index < -0.39 is 5.60 Å². The normalized spacial score (nSPS) is 19.9. The molecule has 2 heterocycles. The Labute approximate surface area is 104 Å². The molecule has 3 nitrogen and oxygen atoms in total. The first-order chi connectivity index (χ1) is 7.68. The molecule has 1 aliphatic rings. The minimum Gasteiger partial charge on any atom is -0.388 e. The van der Waals surface area contributed by atoms with Crippen molar-refractivity contribution in [1.29, 1.82) is 0 Å². The molecule has 0 spiro atoms. The fourth-order valence-electron chi connectivity index (χ4n) is 1.79. The molecule has 1 aliphatic heterocycles. The van der Waals surface area contributed by atoms with Gasteiger partial charge in [-0.15, -0.1) is 11.3 Å². The first kappa shape index (κ1) is 12.3. The molecule has 0 bridgehead atoms. The van der Waals surface area contributed by atoms with Gasteiger partial charge in [-0.05, 0) is 6.07 Å². The molecule has 1 aromatic rings. The average Bonchev–Trinajstić information content (AvgIpc) is 2.65. The molecule has 0 amide bonds. The summed E-state index contributed by atoms with van der Waals surface area (Å²) < 4.78 is 5.23. The predicted molar refractivity (Wildman–Crippen MR) is 66.0 cm³/mol. The molecule has 0 aliphatic carbocycles. The van der Waals surface area contributed by atoms with Gasteiger partial charge in [0.2, 0.25) is 0 Å². The fraction of sp³-hybridized carbons (Fsp3) is 0.636. The van der Waals surface area contributed by atoms with Gasteiger partial charge in [0.1, 0.15) is 0 Å². The topological polar surface area (TPSA) is 41.5 Å². The fourth-order valence-corrected chi connectivity index (χ4v) is 2.84. The molecule has 0 aromatic carbocycles. The molecule has 0 unspecified atom stereocenters. The molecule has 0 atom stereocenters. The van der Waals surface area contributed by atoms with Crippen LogP contribution in [0.25, 0.3) is 0 Å². The summed E-state index contributed by atoms with van der Waals surface area (Å²) >= 11 is 7.47. The van der Waals surface area contributed by atoms with Gasteiger partial charge < -0.3 is 15.2 Å². The molecule has 0 saturated carbocycles. The smallest absolute Gasteiger partial charge is 0.0815 e. The lowest BCUT2D eigenvalue weighted by Gasteiger charge is -2.32. The van der Waals surface area contributed by atoms with Crippen molar-refractivity contribution in [1.82, 2.24) is 5.32 Å². The van der Waals surface area contributed by atoms with E-state index in [1.165, 1.54) is 4.88 Å². The third-order valence-corrected chi connectivity index (χ3v) is 4.08. The third-order valence-electron chi connectivity index (χ3n) is 2.80. The zero-order valence-electron chi connectivity index (χ0n) is 9.04. The molecular weight excluding hydrogens is 246 g/mol. The number of aliphatic hydroxyl groups is 1. The number of thiophene rings is 1. The van der Waals surface area contributed by atoms with Crippen molar-refractivity contribution in [2.45, 2.75) is 25.0 Å². The lowest BCUT2D eigenvalue weighted by Crippen LogP contribution is -2.44. The molecule has 2 rings (SSSR count). The SMILES string of the molecule is OC1(CNCc2cc(Cl)cs2)CCOCC1. The summed E-state index contributed by atoms with van der Waals surface area (Å²) in [6.45, 7) is 2.69. The van der Waals surface area contributed by atoms with E-state index in [0.29, 0.717) is 32.6 Å². The van der Waals surface area contributed by atoms with Gasteiger partial charge in [-0.25, -0.2) is 0 Å². The summed E-state index contributed by atoms with van der Waals surface area (Å²) in [4.78, 5) is 1.20.